The molecular weight excluding hydrogens is 238 g/mol. The molecule has 2 aliphatic rings. The Bertz CT molecular complexity index is 437. The summed E-state index contributed by atoms with van der Waals surface area (Å²) in [5.74, 6) is 3.49. The molecule has 19 heavy (non-hydrogen) atoms. The van der Waals surface area contributed by atoms with Gasteiger partial charge < -0.3 is 15.0 Å². The molecule has 0 aromatic carbocycles. The number of nitrogens with one attached hydrogen (secondary N) is 1. The van der Waals surface area contributed by atoms with E-state index in [1.54, 1.807) is 0 Å². The largest absolute Gasteiger partial charge is 0.490 e. The van der Waals surface area contributed by atoms with Crippen LogP contribution in [-0.4, -0.2) is 37.3 Å². The van der Waals surface area contributed by atoms with Crippen LogP contribution in [-0.2, 0) is 0 Å². The standard InChI is InChI=1S/C15H23N3O/c1-3-13-12-9-16-8-11(12)10-18(13)15-14(19-4-2)6-5-7-17-15/h5-7,11-13,16H,3-4,8-10H2,1-2H3. The molecule has 0 saturated carbocycles. The van der Waals surface area contributed by atoms with Gasteiger partial charge in [0.25, 0.3) is 0 Å². The molecule has 3 atom stereocenters. The smallest absolute Gasteiger partial charge is 0.171 e. The second-order valence-corrected chi connectivity index (χ2v) is 5.47. The van der Waals surface area contributed by atoms with Crippen LogP contribution < -0.4 is 15.0 Å². The number of rotatable bonds is 4. The van der Waals surface area contributed by atoms with E-state index >= 15 is 0 Å². The van der Waals surface area contributed by atoms with Crippen molar-refractivity contribution in [2.75, 3.05) is 31.1 Å². The highest BCUT2D eigenvalue weighted by Gasteiger charge is 2.44. The molecule has 104 valence electrons. The first kappa shape index (κ1) is 12.7. The van der Waals surface area contributed by atoms with Crippen LogP contribution in [0.25, 0.3) is 0 Å². The van der Waals surface area contributed by atoms with E-state index in [0.717, 1.165) is 43.0 Å². The lowest BCUT2D eigenvalue weighted by molar-refractivity contribution is 0.338. The van der Waals surface area contributed by atoms with E-state index < -0.39 is 0 Å². The summed E-state index contributed by atoms with van der Waals surface area (Å²) in [4.78, 5) is 7.06. The van der Waals surface area contributed by atoms with Crippen LogP contribution in [0.3, 0.4) is 0 Å². The topological polar surface area (TPSA) is 37.4 Å². The molecule has 0 radical (unpaired) electrons. The minimum absolute atomic E-state index is 0.592. The maximum atomic E-state index is 5.74. The Morgan fingerprint density at radius 3 is 3.11 bits per heavy atom. The number of ether oxygens (including phenoxy) is 1. The van der Waals surface area contributed by atoms with Crippen molar-refractivity contribution in [3.63, 3.8) is 0 Å². The minimum Gasteiger partial charge on any atom is -0.490 e. The quantitative estimate of drug-likeness (QED) is 0.898. The van der Waals surface area contributed by atoms with Gasteiger partial charge in [-0.1, -0.05) is 6.92 Å². The molecule has 3 rings (SSSR count). The zero-order chi connectivity index (χ0) is 13.2. The fourth-order valence-electron chi connectivity index (χ4n) is 3.66. The average molecular weight is 261 g/mol. The molecule has 0 amide bonds. The van der Waals surface area contributed by atoms with Crippen molar-refractivity contribution >= 4 is 5.82 Å². The van der Waals surface area contributed by atoms with Crippen molar-refractivity contribution in [2.45, 2.75) is 26.3 Å². The second-order valence-electron chi connectivity index (χ2n) is 5.47. The summed E-state index contributed by atoms with van der Waals surface area (Å²) in [5, 5.41) is 3.52. The maximum Gasteiger partial charge on any atom is 0.171 e. The average Bonchev–Trinajstić information content (AvgIpc) is 2.99. The van der Waals surface area contributed by atoms with Gasteiger partial charge in [0.15, 0.2) is 11.6 Å². The summed E-state index contributed by atoms with van der Waals surface area (Å²) in [6, 6.07) is 4.58. The molecule has 0 bridgehead atoms. The lowest BCUT2D eigenvalue weighted by atomic mass is 9.93. The molecule has 1 aromatic rings. The fourth-order valence-corrected chi connectivity index (χ4v) is 3.66. The molecule has 4 nitrogen and oxygen atoms in total. The Hall–Kier alpha value is -1.29. The van der Waals surface area contributed by atoms with Crippen LogP contribution in [0.4, 0.5) is 5.82 Å². The van der Waals surface area contributed by atoms with Crippen molar-refractivity contribution in [1.29, 1.82) is 0 Å². The third-order valence-electron chi connectivity index (χ3n) is 4.46. The van der Waals surface area contributed by atoms with Crippen LogP contribution >= 0.6 is 0 Å². The predicted octanol–water partition coefficient (Wildman–Crippen LogP) is 1.91. The first-order valence-corrected chi connectivity index (χ1v) is 7.40. The van der Waals surface area contributed by atoms with Gasteiger partial charge in [0.1, 0.15) is 0 Å². The summed E-state index contributed by atoms with van der Waals surface area (Å²) < 4.78 is 5.74. The highest BCUT2D eigenvalue weighted by Crippen LogP contribution is 2.39. The van der Waals surface area contributed by atoms with E-state index in [4.69, 9.17) is 4.74 Å². The summed E-state index contributed by atoms with van der Waals surface area (Å²) in [6.45, 7) is 8.40. The van der Waals surface area contributed by atoms with Gasteiger partial charge in [-0.2, -0.15) is 0 Å². The summed E-state index contributed by atoms with van der Waals surface area (Å²) in [6.07, 6.45) is 3.04. The minimum atomic E-state index is 0.592. The SMILES string of the molecule is CCOc1cccnc1N1CC2CNCC2C1CC. The number of nitrogens with zero attached hydrogens (tertiary/aromatic N) is 2. The highest BCUT2D eigenvalue weighted by atomic mass is 16.5. The number of hydrogen-bond acceptors (Lipinski definition) is 4. The van der Waals surface area contributed by atoms with E-state index in [0.29, 0.717) is 12.6 Å². The van der Waals surface area contributed by atoms with Crippen molar-refractivity contribution in [1.82, 2.24) is 10.3 Å². The van der Waals surface area contributed by atoms with Crippen LogP contribution in [0.5, 0.6) is 5.75 Å². The third kappa shape index (κ3) is 2.18. The van der Waals surface area contributed by atoms with E-state index in [1.807, 2.05) is 25.3 Å². The van der Waals surface area contributed by atoms with E-state index in [9.17, 15) is 0 Å². The second kappa shape index (κ2) is 5.37. The summed E-state index contributed by atoms with van der Waals surface area (Å²) in [7, 11) is 0. The van der Waals surface area contributed by atoms with Crippen LogP contribution in [0, 0.1) is 11.8 Å². The van der Waals surface area contributed by atoms with Gasteiger partial charge >= 0.3 is 0 Å². The van der Waals surface area contributed by atoms with Crippen molar-refractivity contribution < 1.29 is 4.74 Å². The molecule has 3 heterocycles. The first-order valence-electron chi connectivity index (χ1n) is 7.40. The van der Waals surface area contributed by atoms with E-state index in [2.05, 4.69) is 22.1 Å². The zero-order valence-corrected chi connectivity index (χ0v) is 11.8. The van der Waals surface area contributed by atoms with Crippen LogP contribution in [0.1, 0.15) is 20.3 Å². The van der Waals surface area contributed by atoms with Crippen molar-refractivity contribution in [3.05, 3.63) is 18.3 Å². The van der Waals surface area contributed by atoms with E-state index in [-0.39, 0.29) is 0 Å². The summed E-state index contributed by atoms with van der Waals surface area (Å²) in [5.41, 5.74) is 0. The van der Waals surface area contributed by atoms with Crippen molar-refractivity contribution in [2.24, 2.45) is 11.8 Å². The molecule has 1 aromatic heterocycles. The zero-order valence-electron chi connectivity index (χ0n) is 11.8. The Morgan fingerprint density at radius 1 is 1.42 bits per heavy atom. The summed E-state index contributed by atoms with van der Waals surface area (Å²) >= 11 is 0. The van der Waals surface area contributed by atoms with Gasteiger partial charge in [-0.25, -0.2) is 4.98 Å². The Kier molecular flexibility index (Phi) is 3.60. The fraction of sp³-hybridized carbons (Fsp3) is 0.667. The number of anilines is 1. The molecule has 0 aliphatic carbocycles. The first-order chi connectivity index (χ1) is 9.35. The molecule has 4 heteroatoms. The Balaban J connectivity index is 1.89. The van der Waals surface area contributed by atoms with Gasteiger partial charge in [-0.05, 0) is 37.3 Å². The number of aromatic nitrogens is 1. The van der Waals surface area contributed by atoms with Gasteiger partial charge in [-0.15, -0.1) is 0 Å². The predicted molar refractivity (Wildman–Crippen MR) is 76.7 cm³/mol. The van der Waals surface area contributed by atoms with Gasteiger partial charge in [-0.3, -0.25) is 0 Å². The molecule has 3 unspecified atom stereocenters. The number of fused-ring (bicyclic) bond motifs is 1. The van der Waals surface area contributed by atoms with Crippen LogP contribution in [0.15, 0.2) is 18.3 Å². The molecule has 2 fully saturated rings. The lowest BCUT2D eigenvalue weighted by Gasteiger charge is -2.29. The lowest BCUT2D eigenvalue weighted by Crippen LogP contribution is -2.35. The van der Waals surface area contributed by atoms with Crippen LogP contribution in [0.2, 0.25) is 0 Å². The molecule has 0 spiro atoms. The molecule has 1 N–H and O–H groups in total. The molecular formula is C15H23N3O. The highest BCUT2D eigenvalue weighted by molar-refractivity contribution is 5.54. The van der Waals surface area contributed by atoms with Crippen molar-refractivity contribution in [3.8, 4) is 5.75 Å². The van der Waals surface area contributed by atoms with Gasteiger partial charge in [0.05, 0.1) is 6.61 Å². The number of pyridine rings is 1. The van der Waals surface area contributed by atoms with E-state index in [1.165, 1.54) is 6.42 Å². The van der Waals surface area contributed by atoms with Gasteiger partial charge in [0, 0.05) is 31.9 Å². The monoisotopic (exact) mass is 261 g/mol. The Labute approximate surface area is 115 Å². The maximum absolute atomic E-state index is 5.74. The van der Waals surface area contributed by atoms with Gasteiger partial charge in [0.2, 0.25) is 0 Å². The normalized spacial score (nSPS) is 29.6. The molecule has 2 aliphatic heterocycles. The number of hydrogen-bond donors (Lipinski definition) is 1. The third-order valence-corrected chi connectivity index (χ3v) is 4.46. The Morgan fingerprint density at radius 2 is 2.32 bits per heavy atom. The molecule has 2 saturated heterocycles.